The minimum absolute atomic E-state index is 0.0288. The van der Waals surface area contributed by atoms with E-state index in [1.54, 1.807) is 31.2 Å². The third-order valence-corrected chi connectivity index (χ3v) is 4.07. The Kier molecular flexibility index (Phi) is 6.10. The van der Waals surface area contributed by atoms with Crippen molar-refractivity contribution in [3.8, 4) is 5.75 Å². The molecule has 0 spiro atoms. The summed E-state index contributed by atoms with van der Waals surface area (Å²) < 4.78 is 46.9. The SMILES string of the molecule is Cc1c(NC(=O)c2ccc(NC(=O)c3ccco3)cc2)cccc1OCC(F)(F)F. The van der Waals surface area contributed by atoms with Gasteiger partial charge in [-0.15, -0.1) is 0 Å². The largest absolute Gasteiger partial charge is 0.484 e. The molecule has 3 aromatic rings. The summed E-state index contributed by atoms with van der Waals surface area (Å²) in [7, 11) is 0. The molecule has 1 heterocycles. The van der Waals surface area contributed by atoms with Gasteiger partial charge in [-0.2, -0.15) is 13.2 Å². The number of alkyl halides is 3. The van der Waals surface area contributed by atoms with Crippen LogP contribution in [0.4, 0.5) is 24.5 Å². The lowest BCUT2D eigenvalue weighted by atomic mass is 10.1. The molecule has 2 N–H and O–H groups in total. The number of carbonyl (C=O) groups excluding carboxylic acids is 2. The first-order valence-electron chi connectivity index (χ1n) is 8.78. The number of rotatable bonds is 6. The lowest BCUT2D eigenvalue weighted by Gasteiger charge is -2.15. The zero-order chi connectivity index (χ0) is 21.7. The number of anilines is 2. The van der Waals surface area contributed by atoms with Gasteiger partial charge in [-0.05, 0) is 55.5 Å². The molecule has 0 saturated carbocycles. The molecule has 0 unspecified atom stereocenters. The van der Waals surface area contributed by atoms with Gasteiger partial charge < -0.3 is 19.8 Å². The fraction of sp³-hybridized carbons (Fsp3) is 0.143. The zero-order valence-electron chi connectivity index (χ0n) is 15.7. The fourth-order valence-corrected chi connectivity index (χ4v) is 2.57. The molecule has 0 atom stereocenters. The van der Waals surface area contributed by atoms with E-state index in [0.29, 0.717) is 22.5 Å². The number of nitrogens with one attached hydrogen (secondary N) is 2. The van der Waals surface area contributed by atoms with E-state index in [1.165, 1.54) is 36.6 Å². The summed E-state index contributed by atoms with van der Waals surface area (Å²) in [6, 6.07) is 13.7. The van der Waals surface area contributed by atoms with Gasteiger partial charge in [0.05, 0.1) is 6.26 Å². The summed E-state index contributed by atoms with van der Waals surface area (Å²) in [5, 5.41) is 5.27. The van der Waals surface area contributed by atoms with Crippen LogP contribution >= 0.6 is 0 Å². The molecule has 0 aliphatic rings. The summed E-state index contributed by atoms with van der Waals surface area (Å²) in [6.45, 7) is 0.130. The van der Waals surface area contributed by atoms with Crippen molar-refractivity contribution in [2.45, 2.75) is 13.1 Å². The van der Waals surface area contributed by atoms with Gasteiger partial charge in [-0.1, -0.05) is 6.07 Å². The first-order valence-corrected chi connectivity index (χ1v) is 8.78. The Labute approximate surface area is 169 Å². The van der Waals surface area contributed by atoms with E-state index in [0.717, 1.165) is 0 Å². The molecule has 0 aliphatic heterocycles. The average Bonchev–Trinajstić information content (AvgIpc) is 3.23. The van der Waals surface area contributed by atoms with Gasteiger partial charge in [0.2, 0.25) is 0 Å². The molecule has 0 radical (unpaired) electrons. The van der Waals surface area contributed by atoms with Crippen LogP contribution < -0.4 is 15.4 Å². The van der Waals surface area contributed by atoms with E-state index in [4.69, 9.17) is 9.15 Å². The Balaban J connectivity index is 1.65. The number of furan rings is 1. The summed E-state index contributed by atoms with van der Waals surface area (Å²) in [4.78, 5) is 24.4. The van der Waals surface area contributed by atoms with Crippen LogP contribution in [0.5, 0.6) is 5.75 Å². The highest BCUT2D eigenvalue weighted by atomic mass is 19.4. The lowest BCUT2D eigenvalue weighted by molar-refractivity contribution is -0.153. The molecule has 156 valence electrons. The number of hydrogen-bond donors (Lipinski definition) is 2. The van der Waals surface area contributed by atoms with Crippen LogP contribution in [0.3, 0.4) is 0 Å². The van der Waals surface area contributed by atoms with Gasteiger partial charge in [0.25, 0.3) is 11.8 Å². The molecular formula is C21H17F3N2O4. The highest BCUT2D eigenvalue weighted by molar-refractivity contribution is 6.06. The van der Waals surface area contributed by atoms with E-state index < -0.39 is 24.6 Å². The van der Waals surface area contributed by atoms with Gasteiger partial charge >= 0.3 is 6.18 Å². The first kappa shape index (κ1) is 21.0. The minimum atomic E-state index is -4.46. The van der Waals surface area contributed by atoms with Crippen LogP contribution in [-0.2, 0) is 0 Å². The molecule has 0 bridgehead atoms. The van der Waals surface area contributed by atoms with Crippen molar-refractivity contribution in [1.29, 1.82) is 0 Å². The van der Waals surface area contributed by atoms with Crippen LogP contribution in [0, 0.1) is 6.92 Å². The Bertz CT molecular complexity index is 1030. The topological polar surface area (TPSA) is 80.6 Å². The standard InChI is InChI=1S/C21H17F3N2O4/c1-13-16(4-2-5-17(13)30-12-21(22,23)24)26-19(27)14-7-9-15(10-8-14)25-20(28)18-6-3-11-29-18/h2-11H,12H2,1H3,(H,25,28)(H,26,27). The van der Waals surface area contributed by atoms with Crippen LogP contribution in [0.25, 0.3) is 0 Å². The van der Waals surface area contributed by atoms with Crippen LogP contribution in [0.1, 0.15) is 26.5 Å². The quantitative estimate of drug-likeness (QED) is 0.588. The van der Waals surface area contributed by atoms with Crippen molar-refractivity contribution in [3.05, 3.63) is 77.7 Å². The summed E-state index contributed by atoms with van der Waals surface area (Å²) in [6.07, 6.45) is -3.08. The predicted octanol–water partition coefficient (Wildman–Crippen LogP) is 5.03. The van der Waals surface area contributed by atoms with Crippen molar-refractivity contribution >= 4 is 23.2 Å². The first-order chi connectivity index (χ1) is 14.2. The fourth-order valence-electron chi connectivity index (χ4n) is 2.57. The van der Waals surface area contributed by atoms with Gasteiger partial charge in [0, 0.05) is 22.5 Å². The number of ether oxygens (including phenoxy) is 1. The molecule has 0 fully saturated rings. The number of carbonyl (C=O) groups is 2. The molecule has 30 heavy (non-hydrogen) atoms. The summed E-state index contributed by atoms with van der Waals surface area (Å²) >= 11 is 0. The Hall–Kier alpha value is -3.75. The number of halogens is 3. The lowest BCUT2D eigenvalue weighted by Crippen LogP contribution is -2.20. The predicted molar refractivity (Wildman–Crippen MR) is 104 cm³/mol. The van der Waals surface area contributed by atoms with Crippen molar-refractivity contribution in [2.75, 3.05) is 17.2 Å². The number of benzene rings is 2. The van der Waals surface area contributed by atoms with Gasteiger partial charge in [-0.3, -0.25) is 9.59 Å². The maximum absolute atomic E-state index is 12.5. The van der Waals surface area contributed by atoms with Crippen LogP contribution in [-0.4, -0.2) is 24.6 Å². The van der Waals surface area contributed by atoms with Crippen molar-refractivity contribution in [1.82, 2.24) is 0 Å². The molecule has 0 saturated heterocycles. The maximum atomic E-state index is 12.5. The van der Waals surface area contributed by atoms with Crippen molar-refractivity contribution < 1.29 is 31.9 Å². The van der Waals surface area contributed by atoms with Gasteiger partial charge in [0.15, 0.2) is 12.4 Å². The summed E-state index contributed by atoms with van der Waals surface area (Å²) in [5.74, 6) is -0.709. The molecular weight excluding hydrogens is 401 g/mol. The molecule has 0 aliphatic carbocycles. The summed E-state index contributed by atoms with van der Waals surface area (Å²) in [5.41, 5.74) is 1.46. The molecule has 1 aromatic heterocycles. The second kappa shape index (κ2) is 8.73. The van der Waals surface area contributed by atoms with Gasteiger partial charge in [-0.25, -0.2) is 0 Å². The Morgan fingerprint density at radius 3 is 2.33 bits per heavy atom. The normalized spacial score (nSPS) is 11.1. The zero-order valence-corrected chi connectivity index (χ0v) is 15.7. The second-order valence-electron chi connectivity index (χ2n) is 6.30. The molecule has 9 heteroatoms. The third kappa shape index (κ3) is 5.40. The van der Waals surface area contributed by atoms with Crippen molar-refractivity contribution in [2.24, 2.45) is 0 Å². The smallest absolute Gasteiger partial charge is 0.422 e. The monoisotopic (exact) mass is 418 g/mol. The van der Waals surface area contributed by atoms with Gasteiger partial charge in [0.1, 0.15) is 5.75 Å². The maximum Gasteiger partial charge on any atom is 0.422 e. The molecule has 2 aromatic carbocycles. The molecule has 6 nitrogen and oxygen atoms in total. The Morgan fingerprint density at radius 1 is 0.967 bits per heavy atom. The molecule has 2 amide bonds. The third-order valence-electron chi connectivity index (χ3n) is 4.07. The van der Waals surface area contributed by atoms with Crippen molar-refractivity contribution in [3.63, 3.8) is 0 Å². The molecule has 3 rings (SSSR count). The Morgan fingerprint density at radius 2 is 1.70 bits per heavy atom. The highest BCUT2D eigenvalue weighted by Gasteiger charge is 2.28. The van der Waals surface area contributed by atoms with E-state index in [-0.39, 0.29) is 11.5 Å². The highest BCUT2D eigenvalue weighted by Crippen LogP contribution is 2.28. The van der Waals surface area contributed by atoms with E-state index in [1.807, 2.05) is 0 Å². The average molecular weight is 418 g/mol. The van der Waals surface area contributed by atoms with E-state index in [2.05, 4.69) is 10.6 Å². The van der Waals surface area contributed by atoms with Crippen LogP contribution in [0.2, 0.25) is 0 Å². The van der Waals surface area contributed by atoms with E-state index in [9.17, 15) is 22.8 Å². The minimum Gasteiger partial charge on any atom is -0.484 e. The van der Waals surface area contributed by atoms with E-state index >= 15 is 0 Å². The number of amides is 2. The number of hydrogen-bond acceptors (Lipinski definition) is 4. The van der Waals surface area contributed by atoms with Crippen LogP contribution in [0.15, 0.2) is 65.3 Å². The second-order valence-corrected chi connectivity index (χ2v) is 6.30.